The van der Waals surface area contributed by atoms with Crippen LogP contribution in [0.15, 0.2) is 48.5 Å². The van der Waals surface area contributed by atoms with Gasteiger partial charge in [0, 0.05) is 46.8 Å². The summed E-state index contributed by atoms with van der Waals surface area (Å²) in [7, 11) is 0. The summed E-state index contributed by atoms with van der Waals surface area (Å²) in [4.78, 5) is 52.8. The molecule has 0 saturated carbocycles. The van der Waals surface area contributed by atoms with Crippen LogP contribution in [0, 0.1) is 0 Å². The molecular weight excluding hydrogens is 539 g/mol. The number of carbonyl (C=O) groups excluding carboxylic acids is 3. The Morgan fingerprint density at radius 3 is 2.28 bits per heavy atom. The monoisotopic (exact) mass is 568 g/mol. The number of aromatic nitrogens is 2. The van der Waals surface area contributed by atoms with E-state index in [2.05, 4.69) is 9.97 Å². The third-order valence-electron chi connectivity index (χ3n) is 6.47. The zero-order valence-electron chi connectivity index (χ0n) is 22.1. The average Bonchev–Trinajstić information content (AvgIpc) is 2.92. The van der Waals surface area contributed by atoms with Gasteiger partial charge in [-0.05, 0) is 38.5 Å². The molecule has 1 unspecified atom stereocenters. The lowest BCUT2D eigenvalue weighted by Crippen LogP contribution is -2.55. The first kappa shape index (κ1) is 28.5. The van der Waals surface area contributed by atoms with Gasteiger partial charge in [0.05, 0.1) is 12.3 Å². The number of halogens is 2. The molecule has 1 saturated heterocycles. The molecule has 3 aromatic rings. The molecule has 0 N–H and O–H groups in total. The Morgan fingerprint density at radius 2 is 1.67 bits per heavy atom. The molecule has 0 radical (unpaired) electrons. The molecule has 1 atom stereocenters. The maximum absolute atomic E-state index is 13.9. The van der Waals surface area contributed by atoms with E-state index >= 15 is 0 Å². The molecule has 8 nitrogen and oxygen atoms in total. The van der Waals surface area contributed by atoms with E-state index in [0.717, 1.165) is 12.0 Å². The Labute approximate surface area is 237 Å². The van der Waals surface area contributed by atoms with Crippen molar-refractivity contribution in [3.05, 3.63) is 81.1 Å². The van der Waals surface area contributed by atoms with E-state index in [1.165, 1.54) is 0 Å². The van der Waals surface area contributed by atoms with Crippen LogP contribution >= 0.6 is 23.2 Å². The zero-order valence-corrected chi connectivity index (χ0v) is 23.6. The molecule has 39 heavy (non-hydrogen) atoms. The highest BCUT2D eigenvalue weighted by molar-refractivity contribution is 6.35. The number of rotatable bonds is 7. The molecule has 0 bridgehead atoms. The number of hydrogen-bond donors (Lipinski definition) is 0. The number of amides is 2. The second kappa shape index (κ2) is 12.6. The number of nitrogens with zero attached hydrogens (tertiary/aromatic N) is 4. The number of benzene rings is 2. The normalized spacial score (nSPS) is 15.3. The molecule has 2 aromatic carbocycles. The molecule has 4 rings (SSSR count). The first-order chi connectivity index (χ1) is 18.7. The van der Waals surface area contributed by atoms with E-state index < -0.39 is 11.9 Å². The molecule has 0 spiro atoms. The largest absolute Gasteiger partial charge is 0.462 e. The second-order valence-electron chi connectivity index (χ2n) is 9.31. The van der Waals surface area contributed by atoms with Crippen LogP contribution in [0.4, 0.5) is 0 Å². The smallest absolute Gasteiger partial charge is 0.342 e. The van der Waals surface area contributed by atoms with Gasteiger partial charge in [-0.25, -0.2) is 14.8 Å². The molecule has 2 amide bonds. The van der Waals surface area contributed by atoms with E-state index in [-0.39, 0.29) is 42.9 Å². The van der Waals surface area contributed by atoms with Gasteiger partial charge in [0.1, 0.15) is 11.3 Å². The molecule has 204 valence electrons. The fraction of sp³-hybridized carbons (Fsp3) is 0.345. The minimum Gasteiger partial charge on any atom is -0.462 e. The third kappa shape index (κ3) is 6.40. The van der Waals surface area contributed by atoms with Crippen LogP contribution in [0.3, 0.4) is 0 Å². The van der Waals surface area contributed by atoms with Crippen LogP contribution in [-0.4, -0.2) is 69.8 Å². The van der Waals surface area contributed by atoms with Gasteiger partial charge in [0.15, 0.2) is 5.82 Å². The number of aryl methyl sites for hydroxylation is 1. The number of ether oxygens (including phenoxy) is 1. The number of carbonyl (C=O) groups is 3. The maximum atomic E-state index is 13.9. The van der Waals surface area contributed by atoms with Gasteiger partial charge in [-0.3, -0.25) is 9.59 Å². The Morgan fingerprint density at radius 1 is 0.974 bits per heavy atom. The summed E-state index contributed by atoms with van der Waals surface area (Å²) in [6.07, 6.45) is 1.20. The molecule has 10 heteroatoms. The fourth-order valence-electron chi connectivity index (χ4n) is 4.65. The molecule has 1 aromatic heterocycles. The van der Waals surface area contributed by atoms with Gasteiger partial charge in [-0.2, -0.15) is 0 Å². The predicted molar refractivity (Wildman–Crippen MR) is 150 cm³/mol. The van der Waals surface area contributed by atoms with Crippen molar-refractivity contribution >= 4 is 41.0 Å². The average molecular weight is 569 g/mol. The summed E-state index contributed by atoms with van der Waals surface area (Å²) in [6, 6.07) is 13.8. The molecule has 1 aliphatic rings. The Kier molecular flexibility index (Phi) is 9.20. The molecule has 1 aliphatic heterocycles. The lowest BCUT2D eigenvalue weighted by molar-refractivity contribution is 0.0406. The van der Waals surface area contributed by atoms with E-state index in [4.69, 9.17) is 27.9 Å². The summed E-state index contributed by atoms with van der Waals surface area (Å²) in [5.41, 5.74) is 1.72. The second-order valence-corrected chi connectivity index (χ2v) is 10.2. The van der Waals surface area contributed by atoms with E-state index in [1.54, 1.807) is 34.9 Å². The van der Waals surface area contributed by atoms with E-state index in [0.29, 0.717) is 40.1 Å². The van der Waals surface area contributed by atoms with Gasteiger partial charge >= 0.3 is 5.97 Å². The van der Waals surface area contributed by atoms with Crippen molar-refractivity contribution in [2.45, 2.75) is 39.7 Å². The number of hydrogen-bond acceptors (Lipinski definition) is 6. The Hall–Kier alpha value is -3.49. The van der Waals surface area contributed by atoms with Crippen molar-refractivity contribution in [3.63, 3.8) is 0 Å². The summed E-state index contributed by atoms with van der Waals surface area (Å²) in [6.45, 7) is 6.53. The highest BCUT2D eigenvalue weighted by Gasteiger charge is 2.34. The molecule has 0 aliphatic carbocycles. The minimum absolute atomic E-state index is 0.0133. The summed E-state index contributed by atoms with van der Waals surface area (Å²) < 4.78 is 5.31. The van der Waals surface area contributed by atoms with Crippen LogP contribution in [-0.2, 0) is 11.2 Å². The van der Waals surface area contributed by atoms with Crippen LogP contribution in [0.5, 0.6) is 0 Å². The Balaban J connectivity index is 1.67. The first-order valence-corrected chi connectivity index (χ1v) is 13.7. The molecular formula is C29H30Cl2N4O4. The van der Waals surface area contributed by atoms with Crippen molar-refractivity contribution < 1.29 is 19.1 Å². The summed E-state index contributed by atoms with van der Waals surface area (Å²) >= 11 is 12.2. The van der Waals surface area contributed by atoms with Gasteiger partial charge in [-0.1, -0.05) is 66.9 Å². The standard InChI is InChI=1S/C29H30Cl2N4O4/c1-4-9-23-24(29(38)39-5-2)25(33-26(32-23)19-10-7-6-8-11-19)28(37)34-12-13-35(18(3)17-34)27(36)20-14-21(30)16-22(31)15-20/h6-8,10-11,14-16,18H,4-5,9,12-13,17H2,1-3H3. The lowest BCUT2D eigenvalue weighted by atomic mass is 10.0. The van der Waals surface area contributed by atoms with E-state index in [1.807, 2.05) is 44.2 Å². The van der Waals surface area contributed by atoms with Crippen molar-refractivity contribution in [1.82, 2.24) is 19.8 Å². The number of esters is 1. The van der Waals surface area contributed by atoms with Crippen molar-refractivity contribution in [2.24, 2.45) is 0 Å². The van der Waals surface area contributed by atoms with Crippen LogP contribution < -0.4 is 0 Å². The van der Waals surface area contributed by atoms with Crippen LogP contribution in [0.2, 0.25) is 10.0 Å². The topological polar surface area (TPSA) is 92.7 Å². The predicted octanol–water partition coefficient (Wildman–Crippen LogP) is 5.57. The van der Waals surface area contributed by atoms with E-state index in [9.17, 15) is 14.4 Å². The maximum Gasteiger partial charge on any atom is 0.342 e. The third-order valence-corrected chi connectivity index (χ3v) is 6.91. The summed E-state index contributed by atoms with van der Waals surface area (Å²) in [5.74, 6) is -0.872. The molecule has 1 fully saturated rings. The van der Waals surface area contributed by atoms with Gasteiger partial charge in [0.25, 0.3) is 11.8 Å². The van der Waals surface area contributed by atoms with Crippen LogP contribution in [0.1, 0.15) is 64.1 Å². The van der Waals surface area contributed by atoms with Gasteiger partial charge < -0.3 is 14.5 Å². The molecule has 2 heterocycles. The minimum atomic E-state index is -0.622. The highest BCUT2D eigenvalue weighted by Crippen LogP contribution is 2.25. The van der Waals surface area contributed by atoms with Crippen molar-refractivity contribution in [3.8, 4) is 11.4 Å². The summed E-state index contributed by atoms with van der Waals surface area (Å²) in [5, 5.41) is 0.749. The zero-order chi connectivity index (χ0) is 28.1. The number of piperazine rings is 1. The SMILES string of the molecule is CCCc1nc(-c2ccccc2)nc(C(=O)N2CCN(C(=O)c3cc(Cl)cc(Cl)c3)C(C)C2)c1C(=O)OCC. The first-order valence-electron chi connectivity index (χ1n) is 12.9. The van der Waals surface area contributed by atoms with Crippen molar-refractivity contribution in [1.29, 1.82) is 0 Å². The van der Waals surface area contributed by atoms with Gasteiger partial charge in [0.2, 0.25) is 0 Å². The Bertz CT molecular complexity index is 1360. The van der Waals surface area contributed by atoms with Crippen molar-refractivity contribution in [2.75, 3.05) is 26.2 Å². The quantitative estimate of drug-likeness (QED) is 0.346. The van der Waals surface area contributed by atoms with Crippen LogP contribution in [0.25, 0.3) is 11.4 Å². The highest BCUT2D eigenvalue weighted by atomic mass is 35.5. The van der Waals surface area contributed by atoms with Gasteiger partial charge in [-0.15, -0.1) is 0 Å². The lowest BCUT2D eigenvalue weighted by Gasteiger charge is -2.40. The fourth-order valence-corrected chi connectivity index (χ4v) is 5.18.